The molecule has 0 bridgehead atoms. The molecule has 0 saturated carbocycles. The minimum Gasteiger partial charge on any atom is -0.377 e. The Morgan fingerprint density at radius 2 is 2.33 bits per heavy atom. The Balaban J connectivity index is 2.63. The summed E-state index contributed by atoms with van der Waals surface area (Å²) in [5.74, 6) is 0.293. The zero-order valence-electron chi connectivity index (χ0n) is 7.61. The topological polar surface area (TPSA) is 66.0 Å². The van der Waals surface area contributed by atoms with Crippen LogP contribution in [0.3, 0.4) is 0 Å². The molecular formula is C7H14N4O. The van der Waals surface area contributed by atoms with E-state index in [0.29, 0.717) is 12.5 Å². The largest absolute Gasteiger partial charge is 0.377 e. The third-order valence-electron chi connectivity index (χ3n) is 1.65. The Hall–Kier alpha value is -1.10. The molecule has 0 aromatic carbocycles. The molecule has 5 heteroatoms. The summed E-state index contributed by atoms with van der Waals surface area (Å²) in [4.78, 5) is 3.81. The summed E-state index contributed by atoms with van der Waals surface area (Å²) >= 11 is 0. The van der Waals surface area contributed by atoms with Crippen LogP contribution in [0.25, 0.3) is 0 Å². The lowest BCUT2D eigenvalue weighted by atomic mass is 10.1. The van der Waals surface area contributed by atoms with Gasteiger partial charge in [0.05, 0.1) is 12.1 Å². The second-order valence-corrected chi connectivity index (χ2v) is 3.26. The first-order chi connectivity index (χ1) is 5.53. The van der Waals surface area contributed by atoms with Gasteiger partial charge in [0.1, 0.15) is 6.33 Å². The van der Waals surface area contributed by atoms with Crippen LogP contribution in [-0.4, -0.2) is 27.5 Å². The van der Waals surface area contributed by atoms with Crippen LogP contribution in [0.5, 0.6) is 0 Å². The van der Waals surface area contributed by atoms with Crippen LogP contribution in [0.15, 0.2) is 6.33 Å². The van der Waals surface area contributed by atoms with Gasteiger partial charge in [0.15, 0.2) is 0 Å². The van der Waals surface area contributed by atoms with Crippen LogP contribution in [0.2, 0.25) is 0 Å². The van der Waals surface area contributed by atoms with E-state index < -0.39 is 0 Å². The van der Waals surface area contributed by atoms with E-state index in [1.807, 2.05) is 13.8 Å². The zero-order chi connectivity index (χ0) is 9.19. The van der Waals surface area contributed by atoms with Crippen molar-refractivity contribution in [1.29, 1.82) is 0 Å². The molecule has 5 nitrogen and oxygen atoms in total. The van der Waals surface area contributed by atoms with Crippen LogP contribution in [-0.2, 0) is 11.3 Å². The maximum atomic E-state index is 5.36. The van der Waals surface area contributed by atoms with Gasteiger partial charge in [-0.15, -0.1) is 5.10 Å². The zero-order valence-corrected chi connectivity index (χ0v) is 7.61. The van der Waals surface area contributed by atoms with Crippen molar-refractivity contribution in [2.45, 2.75) is 26.0 Å². The van der Waals surface area contributed by atoms with Crippen LogP contribution < -0.4 is 5.73 Å². The summed E-state index contributed by atoms with van der Waals surface area (Å²) in [7, 11) is 1.67. The van der Waals surface area contributed by atoms with Crippen molar-refractivity contribution in [3.63, 3.8) is 0 Å². The second kappa shape index (κ2) is 3.10. The molecule has 1 aromatic heterocycles. The number of methoxy groups -OCH3 is 1. The van der Waals surface area contributed by atoms with E-state index in [-0.39, 0.29) is 5.60 Å². The van der Waals surface area contributed by atoms with Crippen molar-refractivity contribution < 1.29 is 4.74 Å². The van der Waals surface area contributed by atoms with Gasteiger partial charge in [-0.05, 0) is 13.8 Å². The van der Waals surface area contributed by atoms with E-state index in [9.17, 15) is 0 Å². The molecule has 0 aliphatic heterocycles. The van der Waals surface area contributed by atoms with E-state index >= 15 is 0 Å². The van der Waals surface area contributed by atoms with Gasteiger partial charge >= 0.3 is 0 Å². The van der Waals surface area contributed by atoms with E-state index in [0.717, 1.165) is 0 Å². The smallest absolute Gasteiger partial charge is 0.239 e. The highest BCUT2D eigenvalue weighted by Gasteiger charge is 2.17. The third kappa shape index (κ3) is 2.20. The Morgan fingerprint density at radius 3 is 2.75 bits per heavy atom. The summed E-state index contributed by atoms with van der Waals surface area (Å²) in [5.41, 5.74) is 5.12. The maximum Gasteiger partial charge on any atom is 0.239 e. The molecule has 0 spiro atoms. The number of anilines is 1. The van der Waals surface area contributed by atoms with Crippen molar-refractivity contribution in [3.05, 3.63) is 6.33 Å². The van der Waals surface area contributed by atoms with Gasteiger partial charge in [-0.2, -0.15) is 0 Å². The number of nitrogens with two attached hydrogens (primary N) is 1. The Labute approximate surface area is 71.5 Å². The molecule has 0 radical (unpaired) electrons. The standard InChI is InChI=1S/C7H14N4O/c1-7(2,12-3)4-11-5-9-6(8)10-11/h5H,4H2,1-3H3,(H2,8,10). The normalized spacial score (nSPS) is 11.9. The monoisotopic (exact) mass is 170 g/mol. The van der Waals surface area contributed by atoms with Crippen molar-refractivity contribution in [1.82, 2.24) is 14.8 Å². The van der Waals surface area contributed by atoms with Gasteiger partial charge in [0, 0.05) is 7.11 Å². The number of nitrogens with zero attached hydrogens (tertiary/aromatic N) is 3. The fraction of sp³-hybridized carbons (Fsp3) is 0.714. The first-order valence-electron chi connectivity index (χ1n) is 3.73. The predicted octanol–water partition coefficient (Wildman–Crippen LogP) is 0.285. The molecule has 2 N–H and O–H groups in total. The summed E-state index contributed by atoms with van der Waals surface area (Å²) < 4.78 is 6.89. The van der Waals surface area contributed by atoms with Crippen LogP contribution in [0, 0.1) is 0 Å². The third-order valence-corrected chi connectivity index (χ3v) is 1.65. The van der Waals surface area contributed by atoms with Crippen molar-refractivity contribution in [2.24, 2.45) is 0 Å². The predicted molar refractivity (Wildman–Crippen MR) is 45.5 cm³/mol. The van der Waals surface area contributed by atoms with Gasteiger partial charge in [-0.1, -0.05) is 0 Å². The molecule has 0 saturated heterocycles. The highest BCUT2D eigenvalue weighted by Crippen LogP contribution is 2.09. The Morgan fingerprint density at radius 1 is 1.67 bits per heavy atom. The Bertz CT molecular complexity index is 256. The number of ether oxygens (including phenoxy) is 1. The lowest BCUT2D eigenvalue weighted by Gasteiger charge is -2.21. The van der Waals surface area contributed by atoms with E-state index in [1.165, 1.54) is 0 Å². The molecule has 0 unspecified atom stereocenters. The highest BCUT2D eigenvalue weighted by atomic mass is 16.5. The highest BCUT2D eigenvalue weighted by molar-refractivity contribution is 5.09. The lowest BCUT2D eigenvalue weighted by Crippen LogP contribution is -2.29. The molecule has 12 heavy (non-hydrogen) atoms. The minimum atomic E-state index is -0.236. The van der Waals surface area contributed by atoms with Crippen molar-refractivity contribution in [3.8, 4) is 0 Å². The molecular weight excluding hydrogens is 156 g/mol. The maximum absolute atomic E-state index is 5.36. The minimum absolute atomic E-state index is 0.236. The van der Waals surface area contributed by atoms with Crippen LogP contribution in [0.4, 0.5) is 5.95 Å². The number of hydrogen-bond acceptors (Lipinski definition) is 4. The summed E-state index contributed by atoms with van der Waals surface area (Å²) in [6.45, 7) is 4.60. The average Bonchev–Trinajstić information content (AvgIpc) is 2.35. The number of rotatable bonds is 3. The molecule has 1 heterocycles. The van der Waals surface area contributed by atoms with Crippen LogP contribution in [0.1, 0.15) is 13.8 Å². The van der Waals surface area contributed by atoms with Gasteiger partial charge in [0.2, 0.25) is 5.95 Å². The second-order valence-electron chi connectivity index (χ2n) is 3.26. The van der Waals surface area contributed by atoms with Crippen molar-refractivity contribution >= 4 is 5.95 Å². The first kappa shape index (κ1) is 8.99. The molecule has 68 valence electrons. The van der Waals surface area contributed by atoms with Gasteiger partial charge in [0.25, 0.3) is 0 Å². The lowest BCUT2D eigenvalue weighted by molar-refractivity contribution is 0.00540. The number of hydrogen-bond donors (Lipinski definition) is 1. The molecule has 1 aromatic rings. The van der Waals surface area contributed by atoms with Crippen LogP contribution >= 0.6 is 0 Å². The van der Waals surface area contributed by atoms with E-state index in [2.05, 4.69) is 10.1 Å². The summed E-state index contributed by atoms with van der Waals surface area (Å²) in [6, 6.07) is 0. The molecule has 0 fully saturated rings. The SMILES string of the molecule is COC(C)(C)Cn1cnc(N)n1. The van der Waals surface area contributed by atoms with Gasteiger partial charge in [-0.25, -0.2) is 9.67 Å². The summed E-state index contributed by atoms with van der Waals surface area (Å²) in [5, 5.41) is 3.95. The molecule has 0 aliphatic carbocycles. The van der Waals surface area contributed by atoms with Gasteiger partial charge < -0.3 is 10.5 Å². The molecule has 0 aliphatic rings. The molecule has 0 amide bonds. The van der Waals surface area contributed by atoms with Crippen molar-refractivity contribution in [2.75, 3.05) is 12.8 Å². The number of nitrogen functional groups attached to an aromatic ring is 1. The molecule has 0 atom stereocenters. The quantitative estimate of drug-likeness (QED) is 0.707. The fourth-order valence-electron chi connectivity index (χ4n) is 0.840. The summed E-state index contributed by atoms with van der Waals surface area (Å²) in [6.07, 6.45) is 1.59. The van der Waals surface area contributed by atoms with E-state index in [1.54, 1.807) is 18.1 Å². The Kier molecular flexibility index (Phi) is 2.32. The fourth-order valence-corrected chi connectivity index (χ4v) is 0.840. The van der Waals surface area contributed by atoms with E-state index in [4.69, 9.17) is 10.5 Å². The number of aromatic nitrogens is 3. The first-order valence-corrected chi connectivity index (χ1v) is 3.73. The molecule has 1 rings (SSSR count). The van der Waals surface area contributed by atoms with Gasteiger partial charge in [-0.3, -0.25) is 0 Å². The average molecular weight is 170 g/mol.